The Balaban J connectivity index is 2.63. The molecule has 102 valence electrons. The summed E-state index contributed by atoms with van der Waals surface area (Å²) in [5.74, 6) is 0.811. The largest absolute Gasteiger partial charge is 0.361 e. The Morgan fingerprint density at radius 2 is 2.17 bits per heavy atom. The van der Waals surface area contributed by atoms with Gasteiger partial charge in [-0.1, -0.05) is 12.1 Å². The summed E-state index contributed by atoms with van der Waals surface area (Å²) in [6.07, 6.45) is 0.870. The van der Waals surface area contributed by atoms with Gasteiger partial charge in [-0.3, -0.25) is 9.00 Å². The van der Waals surface area contributed by atoms with Crippen LogP contribution in [0, 0.1) is 13.8 Å². The average molecular weight is 272 g/mol. The molecular formula is C12H20N2O3S. The van der Waals surface area contributed by atoms with Gasteiger partial charge in [-0.25, -0.2) is 0 Å². The zero-order chi connectivity index (χ0) is 13.7. The lowest BCUT2D eigenvalue weighted by atomic mass is 10.2. The van der Waals surface area contributed by atoms with Crippen LogP contribution in [0.1, 0.15) is 37.3 Å². The molecule has 0 saturated carbocycles. The van der Waals surface area contributed by atoms with E-state index in [1.54, 1.807) is 13.8 Å². The molecule has 1 aromatic heterocycles. The van der Waals surface area contributed by atoms with Crippen LogP contribution in [0.25, 0.3) is 0 Å². The molecule has 18 heavy (non-hydrogen) atoms. The van der Waals surface area contributed by atoms with Crippen LogP contribution in [-0.2, 0) is 21.3 Å². The van der Waals surface area contributed by atoms with Crippen molar-refractivity contribution in [3.8, 4) is 0 Å². The number of nitrogens with zero attached hydrogens (tertiary/aromatic N) is 1. The molecule has 2 atom stereocenters. The fourth-order valence-corrected chi connectivity index (χ4v) is 2.76. The van der Waals surface area contributed by atoms with Gasteiger partial charge in [0.2, 0.25) is 5.91 Å². The van der Waals surface area contributed by atoms with Gasteiger partial charge in [0, 0.05) is 22.9 Å². The molecule has 0 unspecified atom stereocenters. The summed E-state index contributed by atoms with van der Waals surface area (Å²) < 4.78 is 17.1. The summed E-state index contributed by atoms with van der Waals surface area (Å²) in [7, 11) is -1.26. The molecule has 0 saturated heterocycles. The molecule has 5 nitrogen and oxygen atoms in total. The van der Waals surface area contributed by atoms with Crippen LogP contribution in [0.2, 0.25) is 0 Å². The Hall–Kier alpha value is -1.17. The van der Waals surface area contributed by atoms with E-state index in [0.29, 0.717) is 18.1 Å². The molecule has 0 aromatic carbocycles. The van der Waals surface area contributed by atoms with Crippen LogP contribution in [0.5, 0.6) is 0 Å². The SMILES string of the molecule is CCCNC(=O)[C@@H](C)[S@](=O)Cc1c(C)noc1C. The first-order chi connectivity index (χ1) is 8.47. The Morgan fingerprint density at radius 1 is 1.50 bits per heavy atom. The Bertz CT molecular complexity index is 423. The number of rotatable bonds is 6. The van der Waals surface area contributed by atoms with Crippen molar-refractivity contribution >= 4 is 16.7 Å². The molecular weight excluding hydrogens is 252 g/mol. The van der Waals surface area contributed by atoms with Gasteiger partial charge in [0.05, 0.1) is 11.4 Å². The van der Waals surface area contributed by atoms with Crippen LogP contribution in [-0.4, -0.2) is 27.1 Å². The highest BCUT2D eigenvalue weighted by Gasteiger charge is 2.22. The fraction of sp³-hybridized carbons (Fsp3) is 0.667. The van der Waals surface area contributed by atoms with Crippen LogP contribution >= 0.6 is 0 Å². The Labute approximate surface area is 110 Å². The van der Waals surface area contributed by atoms with Crippen molar-refractivity contribution in [2.45, 2.75) is 45.1 Å². The smallest absolute Gasteiger partial charge is 0.235 e. The van der Waals surface area contributed by atoms with Crippen molar-refractivity contribution in [2.75, 3.05) is 6.54 Å². The van der Waals surface area contributed by atoms with E-state index >= 15 is 0 Å². The van der Waals surface area contributed by atoms with E-state index in [4.69, 9.17) is 4.52 Å². The number of nitrogens with one attached hydrogen (secondary N) is 1. The normalized spacial score (nSPS) is 14.2. The van der Waals surface area contributed by atoms with Gasteiger partial charge >= 0.3 is 0 Å². The van der Waals surface area contributed by atoms with E-state index in [2.05, 4.69) is 10.5 Å². The second-order valence-corrected chi connectivity index (χ2v) is 6.02. The monoisotopic (exact) mass is 272 g/mol. The van der Waals surface area contributed by atoms with Gasteiger partial charge in [-0.2, -0.15) is 0 Å². The van der Waals surface area contributed by atoms with Gasteiger partial charge in [0.25, 0.3) is 0 Å². The first-order valence-electron chi connectivity index (χ1n) is 6.04. The van der Waals surface area contributed by atoms with Crippen LogP contribution in [0.3, 0.4) is 0 Å². The maximum Gasteiger partial charge on any atom is 0.235 e. The van der Waals surface area contributed by atoms with Gasteiger partial charge in [-0.15, -0.1) is 0 Å². The molecule has 0 fully saturated rings. The number of carbonyl (C=O) groups excluding carboxylic acids is 1. The van der Waals surface area contributed by atoms with E-state index in [1.807, 2.05) is 13.8 Å². The fourth-order valence-electron chi connectivity index (χ4n) is 1.49. The molecule has 0 aliphatic heterocycles. The molecule has 1 amide bonds. The minimum absolute atomic E-state index is 0.165. The van der Waals surface area contributed by atoms with Crippen molar-refractivity contribution in [1.82, 2.24) is 10.5 Å². The molecule has 6 heteroatoms. The maximum atomic E-state index is 12.1. The van der Waals surface area contributed by atoms with Crippen LogP contribution in [0.15, 0.2) is 4.52 Å². The summed E-state index contributed by atoms with van der Waals surface area (Å²) >= 11 is 0. The predicted octanol–water partition coefficient (Wildman–Crippen LogP) is 1.45. The molecule has 0 aliphatic carbocycles. The van der Waals surface area contributed by atoms with Crippen LogP contribution in [0.4, 0.5) is 0 Å². The summed E-state index contributed by atoms with van der Waals surface area (Å²) in [5, 5.41) is 6.04. The highest BCUT2D eigenvalue weighted by Crippen LogP contribution is 2.16. The topological polar surface area (TPSA) is 72.2 Å². The van der Waals surface area contributed by atoms with Crippen molar-refractivity contribution in [2.24, 2.45) is 0 Å². The van der Waals surface area contributed by atoms with E-state index in [0.717, 1.165) is 17.7 Å². The zero-order valence-electron chi connectivity index (χ0n) is 11.3. The lowest BCUT2D eigenvalue weighted by Crippen LogP contribution is -2.36. The van der Waals surface area contributed by atoms with E-state index in [1.165, 1.54) is 0 Å². The number of aryl methyl sites for hydroxylation is 2. The molecule has 0 radical (unpaired) electrons. The summed E-state index contributed by atoms with van der Waals surface area (Å²) in [6.45, 7) is 7.87. The van der Waals surface area contributed by atoms with Crippen molar-refractivity contribution < 1.29 is 13.5 Å². The van der Waals surface area contributed by atoms with E-state index in [-0.39, 0.29) is 5.91 Å². The molecule has 0 spiro atoms. The molecule has 1 rings (SSSR count). The van der Waals surface area contributed by atoms with Gasteiger partial charge in [0.15, 0.2) is 0 Å². The Morgan fingerprint density at radius 3 is 2.67 bits per heavy atom. The summed E-state index contributed by atoms with van der Waals surface area (Å²) in [4.78, 5) is 11.7. The molecule has 1 aromatic rings. The third-order valence-corrected chi connectivity index (χ3v) is 4.36. The average Bonchev–Trinajstić information content (AvgIpc) is 2.66. The highest BCUT2D eigenvalue weighted by atomic mass is 32.2. The van der Waals surface area contributed by atoms with Crippen molar-refractivity contribution in [1.29, 1.82) is 0 Å². The van der Waals surface area contributed by atoms with Gasteiger partial charge < -0.3 is 9.84 Å². The molecule has 0 aliphatic rings. The molecule has 1 heterocycles. The molecule has 1 N–H and O–H groups in total. The number of hydrogen-bond donors (Lipinski definition) is 1. The third-order valence-electron chi connectivity index (χ3n) is 2.78. The maximum absolute atomic E-state index is 12.1. The van der Waals surface area contributed by atoms with Gasteiger partial charge in [0.1, 0.15) is 11.0 Å². The van der Waals surface area contributed by atoms with Crippen molar-refractivity contribution in [3.63, 3.8) is 0 Å². The van der Waals surface area contributed by atoms with E-state index < -0.39 is 16.0 Å². The highest BCUT2D eigenvalue weighted by molar-refractivity contribution is 7.85. The van der Waals surface area contributed by atoms with Gasteiger partial charge in [-0.05, 0) is 27.2 Å². The summed E-state index contributed by atoms with van der Waals surface area (Å²) in [6, 6.07) is 0. The number of amides is 1. The number of carbonyl (C=O) groups is 1. The first kappa shape index (κ1) is 14.9. The van der Waals surface area contributed by atoms with Crippen molar-refractivity contribution in [3.05, 3.63) is 17.0 Å². The lowest BCUT2D eigenvalue weighted by molar-refractivity contribution is -0.120. The number of aromatic nitrogens is 1. The van der Waals surface area contributed by atoms with Crippen LogP contribution < -0.4 is 5.32 Å². The number of hydrogen-bond acceptors (Lipinski definition) is 4. The standard InChI is InChI=1S/C12H20N2O3S/c1-5-6-13-12(15)10(4)18(16)7-11-8(2)14-17-9(11)3/h10H,5-7H2,1-4H3,(H,13,15)/t10-,18-/m1/s1. The first-order valence-corrected chi connectivity index (χ1v) is 7.42. The molecule has 0 bridgehead atoms. The minimum atomic E-state index is -1.26. The van der Waals surface area contributed by atoms with E-state index in [9.17, 15) is 9.00 Å². The summed E-state index contributed by atoms with van der Waals surface area (Å²) in [5.41, 5.74) is 1.57. The minimum Gasteiger partial charge on any atom is -0.361 e. The second-order valence-electron chi connectivity index (χ2n) is 4.26. The zero-order valence-corrected chi connectivity index (χ0v) is 12.1. The Kier molecular flexibility index (Phi) is 5.53. The lowest BCUT2D eigenvalue weighted by Gasteiger charge is -2.11. The third kappa shape index (κ3) is 3.66. The second kappa shape index (κ2) is 6.68. The predicted molar refractivity (Wildman–Crippen MR) is 70.6 cm³/mol. The quantitative estimate of drug-likeness (QED) is 0.851.